The average molecular weight is 287 g/mol. The van der Waals surface area contributed by atoms with Crippen LogP contribution >= 0.6 is 0 Å². The second kappa shape index (κ2) is 3.83. The Hall–Kier alpha value is -1.39. The minimum absolute atomic E-state index is 0.0359. The lowest BCUT2D eigenvalue weighted by molar-refractivity contribution is -0.00231. The Morgan fingerprint density at radius 1 is 1.05 bits per heavy atom. The highest BCUT2D eigenvalue weighted by Gasteiger charge is 2.64. The van der Waals surface area contributed by atoms with Crippen LogP contribution in [0.25, 0.3) is 0 Å². The SMILES string of the molecule is Cc1ccc(S(=O)(=O)N2C3C=CCC34CC=CC24)cc1. The Morgan fingerprint density at radius 3 is 2.15 bits per heavy atom. The van der Waals surface area contributed by atoms with E-state index in [1.165, 1.54) is 0 Å². The summed E-state index contributed by atoms with van der Waals surface area (Å²) in [7, 11) is -3.40. The van der Waals surface area contributed by atoms with E-state index >= 15 is 0 Å². The largest absolute Gasteiger partial charge is 0.244 e. The Labute approximate surface area is 119 Å². The molecule has 0 radical (unpaired) electrons. The zero-order valence-corrected chi connectivity index (χ0v) is 12.2. The maximum atomic E-state index is 12.9. The lowest BCUT2D eigenvalue weighted by Crippen LogP contribution is -2.68. The van der Waals surface area contributed by atoms with Crippen molar-refractivity contribution in [1.82, 2.24) is 4.31 Å². The molecule has 4 heteroatoms. The van der Waals surface area contributed by atoms with Crippen molar-refractivity contribution in [2.24, 2.45) is 5.41 Å². The first-order valence-electron chi connectivity index (χ1n) is 6.99. The molecule has 3 nitrogen and oxygen atoms in total. The van der Waals surface area contributed by atoms with E-state index in [-0.39, 0.29) is 17.5 Å². The van der Waals surface area contributed by atoms with Crippen LogP contribution < -0.4 is 0 Å². The normalized spacial score (nSPS) is 34.9. The molecule has 4 rings (SSSR count). The van der Waals surface area contributed by atoms with Gasteiger partial charge in [0.15, 0.2) is 0 Å². The minimum atomic E-state index is -3.40. The van der Waals surface area contributed by atoms with Crippen LogP contribution in [0.15, 0.2) is 53.5 Å². The maximum absolute atomic E-state index is 12.9. The van der Waals surface area contributed by atoms with Gasteiger partial charge in [0.25, 0.3) is 0 Å². The molecule has 1 aliphatic heterocycles. The third-order valence-corrected chi connectivity index (χ3v) is 6.83. The van der Waals surface area contributed by atoms with Crippen LogP contribution in [-0.2, 0) is 10.0 Å². The molecular weight excluding hydrogens is 270 g/mol. The van der Waals surface area contributed by atoms with Gasteiger partial charge in [-0.25, -0.2) is 8.42 Å². The van der Waals surface area contributed by atoms with E-state index in [4.69, 9.17) is 0 Å². The van der Waals surface area contributed by atoms with Crippen molar-refractivity contribution in [3.8, 4) is 0 Å². The fourth-order valence-electron chi connectivity index (χ4n) is 3.86. The van der Waals surface area contributed by atoms with Crippen molar-refractivity contribution in [3.05, 3.63) is 54.1 Å². The van der Waals surface area contributed by atoms with Crippen molar-refractivity contribution in [2.75, 3.05) is 0 Å². The number of benzene rings is 1. The van der Waals surface area contributed by atoms with Gasteiger partial charge < -0.3 is 0 Å². The van der Waals surface area contributed by atoms with E-state index in [1.54, 1.807) is 16.4 Å². The number of allylic oxidation sites excluding steroid dienone is 2. The average Bonchev–Trinajstić information content (AvgIpc) is 2.93. The van der Waals surface area contributed by atoms with Crippen LogP contribution in [0.4, 0.5) is 0 Å². The zero-order valence-electron chi connectivity index (χ0n) is 11.4. The van der Waals surface area contributed by atoms with E-state index in [1.807, 2.05) is 19.1 Å². The Bertz CT molecular complexity index is 689. The second-order valence-electron chi connectivity index (χ2n) is 6.04. The van der Waals surface area contributed by atoms with Gasteiger partial charge in [0.1, 0.15) is 0 Å². The highest BCUT2D eigenvalue weighted by atomic mass is 32.2. The van der Waals surface area contributed by atoms with Crippen molar-refractivity contribution in [2.45, 2.75) is 36.7 Å². The maximum Gasteiger partial charge on any atom is 0.244 e. The number of hydrogen-bond acceptors (Lipinski definition) is 2. The summed E-state index contributed by atoms with van der Waals surface area (Å²) in [6.45, 7) is 1.96. The molecule has 1 aromatic carbocycles. The third kappa shape index (κ3) is 1.36. The summed E-state index contributed by atoms with van der Waals surface area (Å²) in [5.41, 5.74) is 1.20. The number of hydrogen-bond donors (Lipinski definition) is 0. The van der Waals surface area contributed by atoms with Crippen LogP contribution in [0.3, 0.4) is 0 Å². The number of aryl methyl sites for hydroxylation is 1. The molecule has 0 saturated carbocycles. The Kier molecular flexibility index (Phi) is 2.37. The molecule has 3 aliphatic rings. The molecule has 0 amide bonds. The van der Waals surface area contributed by atoms with Gasteiger partial charge in [0, 0.05) is 5.41 Å². The monoisotopic (exact) mass is 287 g/mol. The number of rotatable bonds is 2. The van der Waals surface area contributed by atoms with Crippen LogP contribution in [0.1, 0.15) is 18.4 Å². The quantitative estimate of drug-likeness (QED) is 0.784. The van der Waals surface area contributed by atoms with Crippen LogP contribution in [-0.4, -0.2) is 24.8 Å². The highest BCUT2D eigenvalue weighted by molar-refractivity contribution is 7.89. The summed E-state index contributed by atoms with van der Waals surface area (Å²) < 4.78 is 27.4. The lowest BCUT2D eigenvalue weighted by Gasteiger charge is -2.56. The molecule has 0 N–H and O–H groups in total. The summed E-state index contributed by atoms with van der Waals surface area (Å²) in [6.07, 6.45) is 10.4. The summed E-state index contributed by atoms with van der Waals surface area (Å²) >= 11 is 0. The molecule has 2 aliphatic carbocycles. The first kappa shape index (κ1) is 12.4. The van der Waals surface area contributed by atoms with Gasteiger partial charge in [-0.15, -0.1) is 0 Å². The van der Waals surface area contributed by atoms with E-state index in [0.717, 1.165) is 18.4 Å². The van der Waals surface area contributed by atoms with E-state index < -0.39 is 10.0 Å². The van der Waals surface area contributed by atoms with Crippen molar-refractivity contribution in [3.63, 3.8) is 0 Å². The van der Waals surface area contributed by atoms with Gasteiger partial charge in [0.2, 0.25) is 10.0 Å². The third-order valence-electron chi connectivity index (χ3n) is 4.96. The van der Waals surface area contributed by atoms with Gasteiger partial charge >= 0.3 is 0 Å². The first-order chi connectivity index (χ1) is 9.56. The molecule has 1 aromatic rings. The molecule has 0 aromatic heterocycles. The second-order valence-corrected chi connectivity index (χ2v) is 7.88. The van der Waals surface area contributed by atoms with E-state index in [0.29, 0.717) is 4.90 Å². The predicted octanol–water partition coefficient (Wildman–Crippen LogP) is 2.64. The summed E-state index contributed by atoms with van der Waals surface area (Å²) in [6, 6.07) is 7.20. The van der Waals surface area contributed by atoms with E-state index in [2.05, 4.69) is 24.3 Å². The molecule has 1 heterocycles. The molecule has 20 heavy (non-hydrogen) atoms. The summed E-state index contributed by atoms with van der Waals surface area (Å²) in [4.78, 5) is 0.400. The van der Waals surface area contributed by atoms with Crippen LogP contribution in [0.5, 0.6) is 0 Å². The summed E-state index contributed by atoms with van der Waals surface area (Å²) in [5.74, 6) is 0. The lowest BCUT2D eigenvalue weighted by atomic mass is 9.69. The number of sulfonamides is 1. The van der Waals surface area contributed by atoms with Gasteiger partial charge in [-0.05, 0) is 31.9 Å². The van der Waals surface area contributed by atoms with Crippen molar-refractivity contribution >= 4 is 10.0 Å². The molecule has 104 valence electrons. The first-order valence-corrected chi connectivity index (χ1v) is 8.43. The Balaban J connectivity index is 1.76. The van der Waals surface area contributed by atoms with Crippen LogP contribution in [0.2, 0.25) is 0 Å². The van der Waals surface area contributed by atoms with E-state index in [9.17, 15) is 8.42 Å². The molecule has 0 bridgehead atoms. The van der Waals surface area contributed by atoms with Crippen molar-refractivity contribution < 1.29 is 8.42 Å². The molecular formula is C16H17NO2S. The smallest absolute Gasteiger partial charge is 0.207 e. The van der Waals surface area contributed by atoms with Crippen LogP contribution in [0, 0.1) is 12.3 Å². The summed E-state index contributed by atoms with van der Waals surface area (Å²) in [5, 5.41) is 0. The fourth-order valence-corrected chi connectivity index (χ4v) is 5.74. The number of nitrogens with zero attached hydrogens (tertiary/aromatic N) is 1. The van der Waals surface area contributed by atoms with Gasteiger partial charge in [0.05, 0.1) is 17.0 Å². The fraction of sp³-hybridized carbons (Fsp3) is 0.375. The standard InChI is InChI=1S/C16H17NO2S/c1-12-6-8-13(9-7-12)20(18,19)17-14-4-2-10-16(14)11-3-5-15(16)17/h2-9,14-15H,10-11H2,1H3. The molecule has 1 fully saturated rings. The molecule has 2 atom stereocenters. The zero-order chi connectivity index (χ0) is 14.0. The van der Waals surface area contributed by atoms with Gasteiger partial charge in [-0.3, -0.25) is 0 Å². The topological polar surface area (TPSA) is 37.4 Å². The highest BCUT2D eigenvalue weighted by Crippen LogP contribution is 2.59. The van der Waals surface area contributed by atoms with Gasteiger partial charge in [-0.2, -0.15) is 4.31 Å². The Morgan fingerprint density at radius 2 is 1.60 bits per heavy atom. The van der Waals surface area contributed by atoms with Crippen molar-refractivity contribution in [1.29, 1.82) is 0 Å². The minimum Gasteiger partial charge on any atom is -0.207 e. The molecule has 1 saturated heterocycles. The van der Waals surface area contributed by atoms with Gasteiger partial charge in [-0.1, -0.05) is 42.0 Å². The predicted molar refractivity (Wildman–Crippen MR) is 77.7 cm³/mol. The molecule has 1 spiro atoms. The molecule has 2 unspecified atom stereocenters.